The quantitative estimate of drug-likeness (QED) is 0.424. The minimum Gasteiger partial charge on any atom is -0.489 e. The van der Waals surface area contributed by atoms with E-state index in [4.69, 9.17) is 4.74 Å². The van der Waals surface area contributed by atoms with Gasteiger partial charge in [-0.15, -0.1) is 0 Å². The van der Waals surface area contributed by atoms with Crippen LogP contribution in [0, 0.1) is 5.41 Å². The van der Waals surface area contributed by atoms with Gasteiger partial charge >= 0.3 is 11.9 Å². The minimum absolute atomic E-state index is 0.00308. The zero-order valence-electron chi connectivity index (χ0n) is 19.8. The molecule has 180 valence electrons. The van der Waals surface area contributed by atoms with Crippen molar-refractivity contribution < 1.29 is 17.9 Å². The van der Waals surface area contributed by atoms with E-state index in [0.29, 0.717) is 12.3 Å². The number of aryl methyl sites for hydroxylation is 1. The molecule has 0 fully saturated rings. The molecule has 0 saturated carbocycles. The Morgan fingerprint density at radius 1 is 1.06 bits per heavy atom. The Balaban J connectivity index is 1.58. The van der Waals surface area contributed by atoms with Gasteiger partial charge in [-0.1, -0.05) is 51.1 Å². The summed E-state index contributed by atoms with van der Waals surface area (Å²) >= 11 is 0. The van der Waals surface area contributed by atoms with Crippen molar-refractivity contribution in [3.8, 4) is 0 Å². The lowest BCUT2D eigenvalue weighted by atomic mass is 9.91. The molecular formula is C27H29F3N2O2. The van der Waals surface area contributed by atoms with Crippen molar-refractivity contribution in [3.05, 3.63) is 93.6 Å². The van der Waals surface area contributed by atoms with Crippen molar-refractivity contribution in [2.45, 2.75) is 52.4 Å². The van der Waals surface area contributed by atoms with Crippen molar-refractivity contribution in [3.63, 3.8) is 0 Å². The van der Waals surface area contributed by atoms with E-state index in [1.807, 2.05) is 34.9 Å². The molecule has 1 unspecified atom stereocenters. The highest BCUT2D eigenvalue weighted by Crippen LogP contribution is 2.34. The van der Waals surface area contributed by atoms with Crippen molar-refractivity contribution in [1.29, 1.82) is 0 Å². The smallest absolute Gasteiger partial charge is 0.416 e. The summed E-state index contributed by atoms with van der Waals surface area (Å²) in [5.41, 5.74) is 2.11. The van der Waals surface area contributed by atoms with Crippen LogP contribution in [0.2, 0.25) is 0 Å². The van der Waals surface area contributed by atoms with Gasteiger partial charge in [0, 0.05) is 25.1 Å². The second-order valence-electron chi connectivity index (χ2n) is 9.99. The largest absolute Gasteiger partial charge is 0.489 e. The summed E-state index contributed by atoms with van der Waals surface area (Å²) in [6.45, 7) is 6.75. The van der Waals surface area contributed by atoms with Crippen LogP contribution in [0.25, 0.3) is 11.0 Å². The van der Waals surface area contributed by atoms with Gasteiger partial charge in [-0.2, -0.15) is 13.2 Å². The van der Waals surface area contributed by atoms with E-state index in [9.17, 15) is 18.0 Å². The average Bonchev–Trinajstić information content (AvgIpc) is 3.00. The maximum absolute atomic E-state index is 13.3. The predicted molar refractivity (Wildman–Crippen MR) is 127 cm³/mol. The molecule has 1 aliphatic carbocycles. The Labute approximate surface area is 197 Å². The van der Waals surface area contributed by atoms with Crippen LogP contribution in [-0.4, -0.2) is 9.13 Å². The number of hydrogen-bond acceptors (Lipinski definition) is 2. The molecule has 4 rings (SSSR count). The van der Waals surface area contributed by atoms with Crippen LogP contribution in [0.3, 0.4) is 0 Å². The highest BCUT2D eigenvalue weighted by Gasteiger charge is 2.33. The third-order valence-electron chi connectivity index (χ3n) is 5.98. The Morgan fingerprint density at radius 2 is 1.79 bits per heavy atom. The van der Waals surface area contributed by atoms with Crippen molar-refractivity contribution in [2.24, 2.45) is 12.5 Å². The van der Waals surface area contributed by atoms with E-state index in [-0.39, 0.29) is 29.2 Å². The molecule has 3 aromatic rings. The predicted octanol–water partition coefficient (Wildman–Crippen LogP) is 6.55. The number of allylic oxidation sites excluding steroid dienone is 3. The van der Waals surface area contributed by atoms with Gasteiger partial charge in [-0.05, 0) is 47.8 Å². The zero-order chi connectivity index (χ0) is 24.7. The fraction of sp³-hybridized carbons (Fsp3) is 0.370. The van der Waals surface area contributed by atoms with Crippen LogP contribution in [-0.2, 0) is 31.1 Å². The summed E-state index contributed by atoms with van der Waals surface area (Å²) in [6.07, 6.45) is 2.01. The second-order valence-corrected chi connectivity index (χ2v) is 9.99. The topological polar surface area (TPSA) is 36.2 Å². The lowest BCUT2D eigenvalue weighted by Crippen LogP contribution is -2.27. The Hall–Kier alpha value is -3.22. The number of rotatable bonds is 5. The first kappa shape index (κ1) is 23.9. The molecule has 1 aliphatic rings. The number of ether oxygens (including phenoxy) is 1. The molecule has 1 heterocycles. The molecule has 2 aromatic carbocycles. The molecule has 4 nitrogen and oxygen atoms in total. The third kappa shape index (κ3) is 4.98. The normalized spacial score (nSPS) is 16.7. The van der Waals surface area contributed by atoms with Gasteiger partial charge in [0.1, 0.15) is 12.4 Å². The molecule has 0 radical (unpaired) electrons. The summed E-state index contributed by atoms with van der Waals surface area (Å²) in [4.78, 5) is 12.8. The maximum atomic E-state index is 13.3. The summed E-state index contributed by atoms with van der Waals surface area (Å²) in [6, 6.07) is 11.5. The fourth-order valence-electron chi connectivity index (χ4n) is 4.35. The van der Waals surface area contributed by atoms with Gasteiger partial charge in [-0.25, -0.2) is 4.79 Å². The van der Waals surface area contributed by atoms with Crippen LogP contribution in [0.1, 0.15) is 49.8 Å². The Kier molecular flexibility index (Phi) is 6.23. The minimum atomic E-state index is -4.42. The Bertz CT molecular complexity index is 1320. The van der Waals surface area contributed by atoms with Gasteiger partial charge in [0.05, 0.1) is 16.6 Å². The number of hydrogen-bond donors (Lipinski definition) is 0. The number of alkyl halides is 3. The molecule has 0 saturated heterocycles. The number of aromatic nitrogens is 2. The van der Waals surface area contributed by atoms with Crippen LogP contribution in [0.4, 0.5) is 13.2 Å². The van der Waals surface area contributed by atoms with Crippen LogP contribution in [0.5, 0.6) is 0 Å². The molecule has 1 aromatic heterocycles. The van der Waals surface area contributed by atoms with Crippen molar-refractivity contribution >= 4 is 11.0 Å². The molecular weight excluding hydrogens is 441 g/mol. The summed E-state index contributed by atoms with van der Waals surface area (Å²) in [5, 5.41) is 0. The number of fused-ring (bicyclic) bond motifs is 1. The second kappa shape index (κ2) is 8.85. The molecule has 0 bridgehead atoms. The highest BCUT2D eigenvalue weighted by atomic mass is 19.4. The zero-order valence-corrected chi connectivity index (χ0v) is 19.8. The SMILES string of the molecule is Cn1c(=O)n(CC(C)(C)C)c2ccc(C3C=C(OCc4ccccc4C(F)(F)F)C=CC3)cc21. The first-order chi connectivity index (χ1) is 15.9. The van der Waals surface area contributed by atoms with Crippen molar-refractivity contribution in [2.75, 3.05) is 0 Å². The van der Waals surface area contributed by atoms with E-state index in [1.54, 1.807) is 23.8 Å². The molecule has 34 heavy (non-hydrogen) atoms. The van der Waals surface area contributed by atoms with E-state index >= 15 is 0 Å². The van der Waals surface area contributed by atoms with Gasteiger partial charge in [0.15, 0.2) is 0 Å². The number of benzene rings is 2. The summed E-state index contributed by atoms with van der Waals surface area (Å²) in [5.74, 6) is 0.538. The first-order valence-corrected chi connectivity index (χ1v) is 11.3. The number of nitrogens with zero attached hydrogens (tertiary/aromatic N) is 2. The summed E-state index contributed by atoms with van der Waals surface area (Å²) < 4.78 is 49.0. The van der Waals surface area contributed by atoms with Crippen LogP contribution in [0.15, 0.2) is 71.2 Å². The lowest BCUT2D eigenvalue weighted by molar-refractivity contribution is -0.138. The van der Waals surface area contributed by atoms with Gasteiger partial charge in [-0.3, -0.25) is 9.13 Å². The van der Waals surface area contributed by atoms with E-state index in [0.717, 1.165) is 29.1 Å². The molecule has 0 N–H and O–H groups in total. The average molecular weight is 471 g/mol. The van der Waals surface area contributed by atoms with Gasteiger partial charge in [0.25, 0.3) is 0 Å². The summed E-state index contributed by atoms with van der Waals surface area (Å²) in [7, 11) is 1.77. The highest BCUT2D eigenvalue weighted by molar-refractivity contribution is 5.77. The molecule has 0 amide bonds. The third-order valence-corrected chi connectivity index (χ3v) is 5.98. The Morgan fingerprint density at radius 3 is 2.50 bits per heavy atom. The number of imidazole rings is 1. The standard InChI is InChI=1S/C27H29F3N2O2/c1-26(2,3)17-32-23-13-12-19(15-24(23)31(4)25(32)33)18-9-7-10-21(14-18)34-16-20-8-5-6-11-22(20)27(28,29)30/h5-8,10-15,18H,9,16-17H2,1-4H3. The maximum Gasteiger partial charge on any atom is 0.416 e. The van der Waals surface area contributed by atoms with Crippen LogP contribution >= 0.6 is 0 Å². The fourth-order valence-corrected chi connectivity index (χ4v) is 4.35. The van der Waals surface area contributed by atoms with E-state index < -0.39 is 11.7 Å². The molecule has 0 aliphatic heterocycles. The molecule has 1 atom stereocenters. The molecule has 7 heteroatoms. The lowest BCUT2D eigenvalue weighted by Gasteiger charge is -2.20. The van der Waals surface area contributed by atoms with Gasteiger partial charge < -0.3 is 4.74 Å². The van der Waals surface area contributed by atoms with Crippen molar-refractivity contribution in [1.82, 2.24) is 9.13 Å². The molecule has 0 spiro atoms. The first-order valence-electron chi connectivity index (χ1n) is 11.3. The number of halogens is 3. The van der Waals surface area contributed by atoms with E-state index in [2.05, 4.69) is 20.8 Å². The van der Waals surface area contributed by atoms with E-state index in [1.165, 1.54) is 12.1 Å². The van der Waals surface area contributed by atoms with Gasteiger partial charge in [0.2, 0.25) is 0 Å². The van der Waals surface area contributed by atoms with Crippen LogP contribution < -0.4 is 5.69 Å². The monoisotopic (exact) mass is 470 g/mol.